The summed E-state index contributed by atoms with van der Waals surface area (Å²) in [6.07, 6.45) is 17.2. The molecule has 0 amide bonds. The SMILES string of the molecule is COC(=O)CCCCCCCCCCCCCCCOc1ccccc1. The van der Waals surface area contributed by atoms with Crippen molar-refractivity contribution in [1.82, 2.24) is 0 Å². The molecule has 0 N–H and O–H groups in total. The van der Waals surface area contributed by atoms with Gasteiger partial charge in [-0.3, -0.25) is 4.79 Å². The van der Waals surface area contributed by atoms with Crippen LogP contribution in [0.2, 0.25) is 0 Å². The summed E-state index contributed by atoms with van der Waals surface area (Å²) in [5.74, 6) is 0.907. The number of carbonyl (C=O) groups is 1. The maximum Gasteiger partial charge on any atom is 0.305 e. The van der Waals surface area contributed by atoms with Gasteiger partial charge >= 0.3 is 5.97 Å². The third-order valence-electron chi connectivity index (χ3n) is 4.76. The first kappa shape index (κ1) is 22.5. The summed E-state index contributed by atoms with van der Waals surface area (Å²) >= 11 is 0. The monoisotopic (exact) mass is 362 g/mol. The predicted octanol–water partition coefficient (Wildman–Crippen LogP) is 6.70. The van der Waals surface area contributed by atoms with E-state index in [-0.39, 0.29) is 5.97 Å². The maximum absolute atomic E-state index is 11.0. The highest BCUT2D eigenvalue weighted by atomic mass is 16.5. The van der Waals surface area contributed by atoms with Crippen LogP contribution in [0.15, 0.2) is 30.3 Å². The molecule has 0 heterocycles. The number of hydrogen-bond acceptors (Lipinski definition) is 3. The van der Waals surface area contributed by atoms with E-state index in [0.29, 0.717) is 6.42 Å². The van der Waals surface area contributed by atoms with Crippen molar-refractivity contribution in [3.05, 3.63) is 30.3 Å². The number of unbranched alkanes of at least 4 members (excludes halogenated alkanes) is 12. The van der Waals surface area contributed by atoms with Gasteiger partial charge in [0.2, 0.25) is 0 Å². The van der Waals surface area contributed by atoms with Gasteiger partial charge < -0.3 is 9.47 Å². The van der Waals surface area contributed by atoms with E-state index in [0.717, 1.165) is 31.6 Å². The molecule has 0 bridgehead atoms. The van der Waals surface area contributed by atoms with Crippen molar-refractivity contribution < 1.29 is 14.3 Å². The average Bonchev–Trinajstić information content (AvgIpc) is 2.68. The van der Waals surface area contributed by atoms with Crippen LogP contribution in [-0.2, 0) is 9.53 Å². The molecule has 0 spiro atoms. The largest absolute Gasteiger partial charge is 0.494 e. The Kier molecular flexibility index (Phi) is 14.7. The van der Waals surface area contributed by atoms with Crippen LogP contribution >= 0.6 is 0 Å². The molecule has 26 heavy (non-hydrogen) atoms. The zero-order chi connectivity index (χ0) is 18.7. The molecule has 148 valence electrons. The van der Waals surface area contributed by atoms with Gasteiger partial charge in [0.05, 0.1) is 13.7 Å². The van der Waals surface area contributed by atoms with Crippen LogP contribution < -0.4 is 4.74 Å². The van der Waals surface area contributed by atoms with Crippen molar-refractivity contribution >= 4 is 5.97 Å². The van der Waals surface area contributed by atoms with Crippen LogP contribution in [0.3, 0.4) is 0 Å². The van der Waals surface area contributed by atoms with E-state index in [2.05, 4.69) is 4.74 Å². The fraction of sp³-hybridized carbons (Fsp3) is 0.696. The summed E-state index contributed by atoms with van der Waals surface area (Å²) in [5.41, 5.74) is 0. The number of rotatable bonds is 17. The van der Waals surface area contributed by atoms with Gasteiger partial charge in [0, 0.05) is 6.42 Å². The lowest BCUT2D eigenvalue weighted by atomic mass is 10.0. The summed E-state index contributed by atoms with van der Waals surface area (Å²) in [4.78, 5) is 11.0. The summed E-state index contributed by atoms with van der Waals surface area (Å²) in [7, 11) is 1.46. The van der Waals surface area contributed by atoms with Gasteiger partial charge in [-0.1, -0.05) is 88.8 Å². The predicted molar refractivity (Wildman–Crippen MR) is 109 cm³/mol. The van der Waals surface area contributed by atoms with Crippen LogP contribution in [-0.4, -0.2) is 19.7 Å². The Morgan fingerprint density at radius 2 is 1.15 bits per heavy atom. The van der Waals surface area contributed by atoms with Gasteiger partial charge in [-0.05, 0) is 25.0 Å². The van der Waals surface area contributed by atoms with E-state index < -0.39 is 0 Å². The van der Waals surface area contributed by atoms with Crippen molar-refractivity contribution in [1.29, 1.82) is 0 Å². The Morgan fingerprint density at radius 1 is 0.692 bits per heavy atom. The maximum atomic E-state index is 11.0. The lowest BCUT2D eigenvalue weighted by Gasteiger charge is -2.06. The van der Waals surface area contributed by atoms with Crippen LogP contribution in [0.5, 0.6) is 5.75 Å². The Balaban J connectivity index is 1.71. The van der Waals surface area contributed by atoms with Gasteiger partial charge in [-0.15, -0.1) is 0 Å². The zero-order valence-electron chi connectivity index (χ0n) is 16.7. The van der Waals surface area contributed by atoms with E-state index >= 15 is 0 Å². The number of ether oxygens (including phenoxy) is 2. The second-order valence-corrected chi connectivity index (χ2v) is 7.08. The average molecular weight is 363 g/mol. The molecular weight excluding hydrogens is 324 g/mol. The molecule has 0 unspecified atom stereocenters. The number of para-hydroxylation sites is 1. The first-order chi connectivity index (χ1) is 12.8. The van der Waals surface area contributed by atoms with Crippen molar-refractivity contribution in [2.45, 2.75) is 89.9 Å². The second-order valence-electron chi connectivity index (χ2n) is 7.08. The number of benzene rings is 1. The molecule has 1 aromatic rings. The van der Waals surface area contributed by atoms with Gasteiger partial charge in [-0.2, -0.15) is 0 Å². The first-order valence-electron chi connectivity index (χ1n) is 10.6. The molecule has 3 nitrogen and oxygen atoms in total. The van der Waals surface area contributed by atoms with E-state index in [9.17, 15) is 4.79 Å². The van der Waals surface area contributed by atoms with Crippen molar-refractivity contribution in [3.63, 3.8) is 0 Å². The minimum absolute atomic E-state index is 0.0753. The summed E-state index contributed by atoms with van der Waals surface area (Å²) in [6.45, 7) is 0.837. The van der Waals surface area contributed by atoms with Crippen LogP contribution in [0, 0.1) is 0 Å². The molecule has 1 rings (SSSR count). The third-order valence-corrected chi connectivity index (χ3v) is 4.76. The summed E-state index contributed by atoms with van der Waals surface area (Å²) in [5, 5.41) is 0. The van der Waals surface area contributed by atoms with Gasteiger partial charge in [0.1, 0.15) is 5.75 Å². The Bertz CT molecular complexity index is 430. The van der Waals surface area contributed by atoms with E-state index in [4.69, 9.17) is 4.74 Å². The number of carbonyl (C=O) groups excluding carboxylic acids is 1. The van der Waals surface area contributed by atoms with Gasteiger partial charge in [0.25, 0.3) is 0 Å². The third kappa shape index (κ3) is 13.7. The fourth-order valence-electron chi connectivity index (χ4n) is 3.12. The molecule has 0 saturated carbocycles. The van der Waals surface area contributed by atoms with Crippen LogP contribution in [0.1, 0.15) is 89.9 Å². The minimum Gasteiger partial charge on any atom is -0.494 e. The van der Waals surface area contributed by atoms with Gasteiger partial charge in [0.15, 0.2) is 0 Å². The summed E-state index contributed by atoms with van der Waals surface area (Å²) in [6, 6.07) is 10.1. The van der Waals surface area contributed by atoms with Crippen molar-refractivity contribution in [2.24, 2.45) is 0 Å². The molecule has 0 aromatic heterocycles. The van der Waals surface area contributed by atoms with Gasteiger partial charge in [-0.25, -0.2) is 0 Å². The standard InChI is InChI=1S/C23H38O3/c1-25-23(24)20-16-11-9-7-5-3-2-4-6-8-10-12-17-21-26-22-18-14-13-15-19-22/h13-15,18-19H,2-12,16-17,20-21H2,1H3. The van der Waals surface area contributed by atoms with Crippen LogP contribution in [0.25, 0.3) is 0 Å². The Labute approximate surface area is 160 Å². The van der Waals surface area contributed by atoms with E-state index in [1.54, 1.807) is 0 Å². The molecule has 0 radical (unpaired) electrons. The van der Waals surface area contributed by atoms with Crippen molar-refractivity contribution in [3.8, 4) is 5.75 Å². The quantitative estimate of drug-likeness (QED) is 0.228. The Hall–Kier alpha value is -1.51. The van der Waals surface area contributed by atoms with E-state index in [1.165, 1.54) is 71.3 Å². The highest BCUT2D eigenvalue weighted by molar-refractivity contribution is 5.68. The number of hydrogen-bond donors (Lipinski definition) is 0. The second kappa shape index (κ2) is 16.9. The Morgan fingerprint density at radius 3 is 1.65 bits per heavy atom. The molecule has 0 aliphatic carbocycles. The smallest absolute Gasteiger partial charge is 0.305 e. The highest BCUT2D eigenvalue weighted by Crippen LogP contribution is 2.14. The number of methoxy groups -OCH3 is 1. The number of esters is 1. The fourth-order valence-corrected chi connectivity index (χ4v) is 3.12. The molecule has 0 fully saturated rings. The molecular formula is C23H38O3. The molecule has 0 atom stereocenters. The first-order valence-corrected chi connectivity index (χ1v) is 10.6. The summed E-state index contributed by atoms with van der Waals surface area (Å²) < 4.78 is 10.4. The molecule has 0 aliphatic rings. The highest BCUT2D eigenvalue weighted by Gasteiger charge is 1.99. The molecule has 0 saturated heterocycles. The van der Waals surface area contributed by atoms with Crippen LogP contribution in [0.4, 0.5) is 0 Å². The molecule has 0 aliphatic heterocycles. The minimum atomic E-state index is -0.0753. The normalized spacial score (nSPS) is 10.7. The van der Waals surface area contributed by atoms with E-state index in [1.807, 2.05) is 30.3 Å². The topological polar surface area (TPSA) is 35.5 Å². The molecule has 1 aromatic carbocycles. The lowest BCUT2D eigenvalue weighted by molar-refractivity contribution is -0.140. The van der Waals surface area contributed by atoms with Crippen molar-refractivity contribution in [2.75, 3.05) is 13.7 Å². The zero-order valence-corrected chi connectivity index (χ0v) is 16.7. The lowest BCUT2D eigenvalue weighted by Crippen LogP contribution is -1.99. The molecule has 3 heteroatoms.